The summed E-state index contributed by atoms with van der Waals surface area (Å²) in [4.78, 5) is 24.8. The van der Waals surface area contributed by atoms with E-state index in [1.54, 1.807) is 6.07 Å². The van der Waals surface area contributed by atoms with Gasteiger partial charge in [-0.05, 0) is 83.9 Å². The lowest BCUT2D eigenvalue weighted by Crippen LogP contribution is -2.26. The number of ether oxygens (including phenoxy) is 1. The number of carboxylic acids is 1. The number of carbonyl (C=O) groups is 2. The summed E-state index contributed by atoms with van der Waals surface area (Å²) < 4.78 is 8.27. The molecule has 35 heavy (non-hydrogen) atoms. The highest BCUT2D eigenvalue weighted by Crippen LogP contribution is 2.38. The van der Waals surface area contributed by atoms with Gasteiger partial charge < -0.3 is 29.6 Å². The molecule has 1 aliphatic carbocycles. The summed E-state index contributed by atoms with van der Waals surface area (Å²) in [5.74, 6) is 0.304. The molecule has 4 unspecified atom stereocenters. The Labute approximate surface area is 208 Å². The number of aliphatic carboxylic acids is 1. The summed E-state index contributed by atoms with van der Waals surface area (Å²) in [5.41, 5.74) is 2.79. The monoisotopic (exact) mass is 487 g/mol. The molecule has 0 amide bonds. The molecule has 1 saturated heterocycles. The van der Waals surface area contributed by atoms with Crippen LogP contribution in [0, 0.1) is 5.92 Å². The Hall–Kier alpha value is -2.45. The number of nitrogens with one attached hydrogen (secondary N) is 1. The molecule has 1 saturated carbocycles. The van der Waals surface area contributed by atoms with Crippen LogP contribution in [0.2, 0.25) is 0 Å². The fourth-order valence-corrected chi connectivity index (χ4v) is 5.54. The highest BCUT2D eigenvalue weighted by molar-refractivity contribution is 5.82. The molecule has 194 valence electrons. The minimum atomic E-state index is -0.694. The quantitative estimate of drug-likeness (QED) is 0.480. The number of aryl methyl sites for hydroxylation is 2. The van der Waals surface area contributed by atoms with Crippen LogP contribution in [-0.2, 0) is 27.2 Å². The molecule has 0 spiro atoms. The number of aromatic nitrogens is 2. The van der Waals surface area contributed by atoms with Crippen molar-refractivity contribution in [3.05, 3.63) is 23.5 Å². The fourth-order valence-electron chi connectivity index (χ4n) is 5.54. The van der Waals surface area contributed by atoms with Gasteiger partial charge in [-0.15, -0.1) is 0 Å². The third-order valence-electron chi connectivity index (χ3n) is 7.66. The van der Waals surface area contributed by atoms with E-state index in [0.717, 1.165) is 86.8 Å². The van der Waals surface area contributed by atoms with Crippen LogP contribution >= 0.6 is 0 Å². The van der Waals surface area contributed by atoms with Crippen molar-refractivity contribution in [2.45, 2.75) is 95.7 Å². The van der Waals surface area contributed by atoms with E-state index in [1.807, 2.05) is 19.9 Å². The molecule has 2 heterocycles. The summed E-state index contributed by atoms with van der Waals surface area (Å²) in [6.07, 6.45) is 10.4. The van der Waals surface area contributed by atoms with E-state index < -0.39 is 5.97 Å². The van der Waals surface area contributed by atoms with Gasteiger partial charge in [0.1, 0.15) is 18.4 Å². The normalized spacial score (nSPS) is 23.4. The van der Waals surface area contributed by atoms with Crippen LogP contribution in [0.25, 0.3) is 11.0 Å². The summed E-state index contributed by atoms with van der Waals surface area (Å²) in [7, 11) is 1.95. The van der Waals surface area contributed by atoms with E-state index in [2.05, 4.69) is 16.8 Å². The van der Waals surface area contributed by atoms with Gasteiger partial charge in [0, 0.05) is 30.7 Å². The molecule has 2 aromatic rings. The molecule has 0 bridgehead atoms. The Bertz CT molecular complexity index is 969. The van der Waals surface area contributed by atoms with Crippen molar-refractivity contribution in [1.82, 2.24) is 14.9 Å². The van der Waals surface area contributed by atoms with Gasteiger partial charge in [0.25, 0.3) is 0 Å². The third-order valence-corrected chi connectivity index (χ3v) is 7.66. The van der Waals surface area contributed by atoms with Crippen molar-refractivity contribution in [1.29, 1.82) is 0 Å². The number of hydrogen-bond donors (Lipinski definition) is 3. The third kappa shape index (κ3) is 6.61. The van der Waals surface area contributed by atoms with Crippen LogP contribution in [0.4, 0.5) is 0 Å². The number of phenolic OH excluding ortho intramolecular Hbond substituents is 1. The maximum Gasteiger partial charge on any atom is 0.306 e. The number of nitrogens with zero attached hydrogens (tertiary/aromatic N) is 2. The number of imidazole rings is 1. The Balaban J connectivity index is 0.00000167. The molecule has 0 radical (unpaired) electrons. The Morgan fingerprint density at radius 1 is 1.23 bits per heavy atom. The summed E-state index contributed by atoms with van der Waals surface area (Å²) in [6, 6.07) is 4.22. The average molecular weight is 488 g/mol. The molecule has 2 aliphatic rings. The second-order valence-corrected chi connectivity index (χ2v) is 9.94. The molecule has 1 aromatic carbocycles. The first kappa shape index (κ1) is 27.1. The Morgan fingerprint density at radius 2 is 2.03 bits per heavy atom. The molecule has 1 aliphatic heterocycles. The lowest BCUT2D eigenvalue weighted by atomic mass is 9.85. The van der Waals surface area contributed by atoms with Gasteiger partial charge in [-0.1, -0.05) is 6.42 Å². The predicted octanol–water partition coefficient (Wildman–Crippen LogP) is 4.42. The predicted molar refractivity (Wildman–Crippen MR) is 136 cm³/mol. The van der Waals surface area contributed by atoms with Crippen LogP contribution in [0.5, 0.6) is 5.75 Å². The molecule has 3 N–H and O–H groups in total. The molecule has 8 nitrogen and oxygen atoms in total. The van der Waals surface area contributed by atoms with Crippen LogP contribution in [0.15, 0.2) is 12.1 Å². The van der Waals surface area contributed by atoms with Gasteiger partial charge in [-0.2, -0.15) is 0 Å². The van der Waals surface area contributed by atoms with E-state index in [9.17, 15) is 15.0 Å². The van der Waals surface area contributed by atoms with Gasteiger partial charge in [-0.3, -0.25) is 4.79 Å². The average Bonchev–Trinajstić information content (AvgIpc) is 3.27. The van der Waals surface area contributed by atoms with E-state index in [4.69, 9.17) is 14.5 Å². The Morgan fingerprint density at radius 3 is 2.71 bits per heavy atom. The molecule has 4 rings (SSSR count). The topological polar surface area (TPSA) is 114 Å². The van der Waals surface area contributed by atoms with Crippen LogP contribution in [0.1, 0.15) is 82.1 Å². The zero-order valence-electron chi connectivity index (χ0n) is 21.2. The molecule has 2 fully saturated rings. The number of phenols is 1. The summed E-state index contributed by atoms with van der Waals surface area (Å²) >= 11 is 0. The second kappa shape index (κ2) is 13.0. The lowest BCUT2D eigenvalue weighted by Gasteiger charge is -2.30. The number of aromatic hydroxyl groups is 1. The van der Waals surface area contributed by atoms with Gasteiger partial charge >= 0.3 is 5.97 Å². The van der Waals surface area contributed by atoms with E-state index in [-0.39, 0.29) is 18.1 Å². The largest absolute Gasteiger partial charge is 0.508 e. The van der Waals surface area contributed by atoms with Crippen LogP contribution in [0.3, 0.4) is 0 Å². The number of rotatable bonds is 9. The molecular formula is C27H41N3O5. The molecule has 1 aromatic heterocycles. The zero-order valence-corrected chi connectivity index (χ0v) is 21.2. The first-order valence-corrected chi connectivity index (χ1v) is 13.0. The first-order valence-electron chi connectivity index (χ1n) is 13.0. The number of fused-ring (bicyclic) bond motifs is 1. The number of hydrogen-bond acceptors (Lipinski definition) is 6. The van der Waals surface area contributed by atoms with Crippen molar-refractivity contribution in [2.24, 2.45) is 5.92 Å². The number of benzene rings is 1. The van der Waals surface area contributed by atoms with Gasteiger partial charge in [0.05, 0.1) is 23.1 Å². The first-order chi connectivity index (χ1) is 17.0. The van der Waals surface area contributed by atoms with E-state index in [0.29, 0.717) is 18.2 Å². The lowest BCUT2D eigenvalue weighted by molar-refractivity contribution is -0.143. The van der Waals surface area contributed by atoms with Crippen LogP contribution < -0.4 is 5.32 Å². The maximum absolute atomic E-state index is 11.7. The van der Waals surface area contributed by atoms with Crippen molar-refractivity contribution in [3.63, 3.8) is 0 Å². The molecule has 8 heteroatoms. The Kier molecular flexibility index (Phi) is 10.1. The summed E-state index contributed by atoms with van der Waals surface area (Å²) in [6.45, 7) is 4.98. The molecular weight excluding hydrogens is 446 g/mol. The minimum Gasteiger partial charge on any atom is -0.508 e. The summed E-state index contributed by atoms with van der Waals surface area (Å²) in [5, 5.41) is 23.6. The van der Waals surface area contributed by atoms with Gasteiger partial charge in [-0.25, -0.2) is 4.98 Å². The second-order valence-electron chi connectivity index (χ2n) is 9.94. The SMILES string of the molecule is C=O.CNC(C)CCc1c(O)ccc2c1nc(CCC1CCCCO1)n2C1CCCC(C(=O)O)C1. The smallest absolute Gasteiger partial charge is 0.306 e. The zero-order chi connectivity index (χ0) is 25.4. The maximum atomic E-state index is 11.7. The standard InChI is InChI=1S/C26H39N3O4.CH2O/c1-17(27-2)9-11-21-23(30)13-12-22-25(21)28-24(14-10-20-8-3-4-15-33-20)29(22)19-7-5-6-18(16-19)26(31)32;1-2/h12-13,17-20,27,30H,3-11,14-16H2,1-2H3,(H,31,32);1H2. The van der Waals surface area contributed by atoms with Crippen molar-refractivity contribution < 1.29 is 24.5 Å². The van der Waals surface area contributed by atoms with Crippen molar-refractivity contribution >= 4 is 23.8 Å². The van der Waals surface area contributed by atoms with E-state index in [1.165, 1.54) is 6.42 Å². The van der Waals surface area contributed by atoms with Gasteiger partial charge in [0.2, 0.25) is 0 Å². The molecule has 4 atom stereocenters. The fraction of sp³-hybridized carbons (Fsp3) is 0.667. The highest BCUT2D eigenvalue weighted by Gasteiger charge is 2.31. The van der Waals surface area contributed by atoms with Crippen LogP contribution in [-0.4, -0.2) is 58.3 Å². The van der Waals surface area contributed by atoms with Gasteiger partial charge in [0.15, 0.2) is 0 Å². The van der Waals surface area contributed by atoms with Crippen molar-refractivity contribution in [2.75, 3.05) is 13.7 Å². The van der Waals surface area contributed by atoms with Crippen molar-refractivity contribution in [3.8, 4) is 5.75 Å². The van der Waals surface area contributed by atoms with E-state index >= 15 is 0 Å². The highest BCUT2D eigenvalue weighted by atomic mass is 16.5. The minimum absolute atomic E-state index is 0.126. The number of carboxylic acid groups (broad SMARTS) is 1. The number of carbonyl (C=O) groups excluding carboxylic acids is 1.